The van der Waals surface area contributed by atoms with Gasteiger partial charge in [-0.3, -0.25) is 0 Å². The van der Waals surface area contributed by atoms with Crippen LogP contribution in [0.3, 0.4) is 0 Å². The van der Waals surface area contributed by atoms with Crippen LogP contribution in [0.15, 0.2) is 48.5 Å². The molecule has 156 valence electrons. The molecular formula is C21H23F3N2O3. The molecule has 1 aliphatic heterocycles. The zero-order valence-electron chi connectivity index (χ0n) is 15.9. The van der Waals surface area contributed by atoms with Gasteiger partial charge >= 0.3 is 12.2 Å². The third-order valence-corrected chi connectivity index (χ3v) is 5.02. The summed E-state index contributed by atoms with van der Waals surface area (Å²) in [5.74, 6) is 0. The summed E-state index contributed by atoms with van der Waals surface area (Å²) in [5, 5.41) is 15.3. The highest BCUT2D eigenvalue weighted by atomic mass is 19.4. The maximum Gasteiger partial charge on any atom is 0.416 e. The highest BCUT2D eigenvalue weighted by molar-refractivity contribution is 5.74. The van der Waals surface area contributed by atoms with Crippen molar-refractivity contribution in [2.45, 2.75) is 31.2 Å². The molecule has 8 heteroatoms. The zero-order chi connectivity index (χ0) is 21.1. The molecule has 29 heavy (non-hydrogen) atoms. The lowest BCUT2D eigenvalue weighted by atomic mass is 9.87. The van der Waals surface area contributed by atoms with Crippen LogP contribution in [0.25, 0.3) is 0 Å². The van der Waals surface area contributed by atoms with E-state index in [4.69, 9.17) is 4.74 Å². The second kappa shape index (κ2) is 8.42. The van der Waals surface area contributed by atoms with Gasteiger partial charge in [0, 0.05) is 6.54 Å². The van der Waals surface area contributed by atoms with E-state index in [1.54, 1.807) is 0 Å². The number of carbonyl (C=O) groups excluding carboxylic acids is 1. The molecule has 0 bridgehead atoms. The fourth-order valence-electron chi connectivity index (χ4n) is 3.41. The molecule has 0 spiro atoms. The average molecular weight is 408 g/mol. The van der Waals surface area contributed by atoms with Gasteiger partial charge < -0.3 is 20.5 Å². The van der Waals surface area contributed by atoms with Crippen LogP contribution in [0.2, 0.25) is 0 Å². The summed E-state index contributed by atoms with van der Waals surface area (Å²) in [6.07, 6.45) is -4.95. The smallest absolute Gasteiger partial charge is 0.387 e. The molecule has 2 aromatic rings. The molecule has 0 saturated carbocycles. The Balaban J connectivity index is 1.54. The lowest BCUT2D eigenvalue weighted by molar-refractivity contribution is -0.137. The Labute approximate surface area is 166 Å². The van der Waals surface area contributed by atoms with Gasteiger partial charge in [-0.2, -0.15) is 13.2 Å². The minimum atomic E-state index is -4.49. The fourth-order valence-corrected chi connectivity index (χ4v) is 3.41. The van der Waals surface area contributed by atoms with E-state index in [0.717, 1.165) is 24.1 Å². The van der Waals surface area contributed by atoms with Crippen molar-refractivity contribution in [2.75, 3.05) is 19.7 Å². The van der Waals surface area contributed by atoms with Crippen molar-refractivity contribution in [1.29, 1.82) is 0 Å². The number of aliphatic hydroxyl groups excluding tert-OH is 1. The molecular weight excluding hydrogens is 385 g/mol. The summed E-state index contributed by atoms with van der Waals surface area (Å²) in [7, 11) is 0. The largest absolute Gasteiger partial charge is 0.416 e. The first kappa shape index (κ1) is 21.1. The number of nitrogens with one attached hydrogen (secondary N) is 2. The van der Waals surface area contributed by atoms with Crippen LogP contribution < -0.4 is 10.6 Å². The minimum Gasteiger partial charge on any atom is -0.387 e. The van der Waals surface area contributed by atoms with Gasteiger partial charge in [-0.1, -0.05) is 36.4 Å². The Morgan fingerprint density at radius 3 is 2.72 bits per heavy atom. The molecule has 0 radical (unpaired) electrons. The summed E-state index contributed by atoms with van der Waals surface area (Å²) in [6, 6.07) is 11.7. The van der Waals surface area contributed by atoms with Gasteiger partial charge in [0.2, 0.25) is 0 Å². The second-order valence-electron chi connectivity index (χ2n) is 7.19. The van der Waals surface area contributed by atoms with Crippen LogP contribution in [-0.2, 0) is 22.9 Å². The Morgan fingerprint density at radius 1 is 1.21 bits per heavy atom. The van der Waals surface area contributed by atoms with E-state index in [2.05, 4.69) is 10.6 Å². The Hall–Kier alpha value is -2.58. The lowest BCUT2D eigenvalue weighted by Crippen LogP contribution is -2.47. The molecule has 2 unspecified atom stereocenters. The number of amides is 2. The first-order chi connectivity index (χ1) is 13.7. The van der Waals surface area contributed by atoms with E-state index < -0.39 is 29.5 Å². The molecule has 0 aliphatic carbocycles. The highest BCUT2D eigenvalue weighted by Gasteiger charge is 2.33. The molecule has 5 nitrogen and oxygen atoms in total. The number of aliphatic hydroxyl groups is 1. The molecule has 3 rings (SSSR count). The number of alkyl halides is 3. The molecule has 1 aliphatic rings. The number of hydrogen-bond acceptors (Lipinski definition) is 3. The second-order valence-corrected chi connectivity index (χ2v) is 7.19. The van der Waals surface area contributed by atoms with Gasteiger partial charge in [-0.15, -0.1) is 0 Å². The quantitative estimate of drug-likeness (QED) is 0.709. The van der Waals surface area contributed by atoms with Crippen molar-refractivity contribution < 1.29 is 27.8 Å². The van der Waals surface area contributed by atoms with Crippen LogP contribution in [0, 0.1) is 0 Å². The maximum atomic E-state index is 12.8. The van der Waals surface area contributed by atoms with E-state index >= 15 is 0 Å². The maximum absolute atomic E-state index is 12.8. The summed E-state index contributed by atoms with van der Waals surface area (Å²) in [4.78, 5) is 12.1. The average Bonchev–Trinajstić information content (AvgIpc) is 2.70. The highest BCUT2D eigenvalue weighted by Crippen LogP contribution is 2.32. The number of carbonyl (C=O) groups is 1. The zero-order valence-corrected chi connectivity index (χ0v) is 15.9. The normalized spacial score (nSPS) is 19.9. The number of ether oxygens (including phenoxy) is 1. The van der Waals surface area contributed by atoms with Crippen molar-refractivity contribution in [3.63, 3.8) is 0 Å². The third-order valence-electron chi connectivity index (χ3n) is 5.02. The van der Waals surface area contributed by atoms with Crippen LogP contribution in [0.4, 0.5) is 18.0 Å². The molecule has 2 atom stereocenters. The Morgan fingerprint density at radius 2 is 1.97 bits per heavy atom. The fraction of sp³-hybridized carbons (Fsp3) is 0.381. The van der Waals surface area contributed by atoms with E-state index in [1.807, 2.05) is 31.2 Å². The number of rotatable bonds is 5. The topological polar surface area (TPSA) is 70.6 Å². The molecule has 0 fully saturated rings. The van der Waals surface area contributed by atoms with Crippen LogP contribution in [0.5, 0.6) is 0 Å². The minimum absolute atomic E-state index is 0.0802. The van der Waals surface area contributed by atoms with E-state index in [9.17, 15) is 23.1 Å². The van der Waals surface area contributed by atoms with Crippen LogP contribution in [0.1, 0.15) is 35.3 Å². The lowest BCUT2D eigenvalue weighted by Gasteiger charge is -2.36. The Bertz CT molecular complexity index is 872. The first-order valence-electron chi connectivity index (χ1n) is 9.28. The summed E-state index contributed by atoms with van der Waals surface area (Å²) >= 11 is 0. The molecule has 3 N–H and O–H groups in total. The first-order valence-corrected chi connectivity index (χ1v) is 9.28. The third kappa shape index (κ3) is 5.07. The molecule has 0 saturated heterocycles. The summed E-state index contributed by atoms with van der Waals surface area (Å²) < 4.78 is 44.3. The molecule has 1 heterocycles. The monoisotopic (exact) mass is 408 g/mol. The number of urea groups is 1. The molecule has 2 amide bonds. The SMILES string of the molecule is CC1(CNC(=O)NCC(O)c2cccc(C(F)(F)F)c2)OCCc2ccccc21. The predicted molar refractivity (Wildman–Crippen MR) is 101 cm³/mol. The van der Waals surface area contributed by atoms with Crippen LogP contribution in [-0.4, -0.2) is 30.8 Å². The number of fused-ring (bicyclic) bond motifs is 1. The van der Waals surface area contributed by atoms with Gasteiger partial charge in [0.15, 0.2) is 0 Å². The van der Waals surface area contributed by atoms with Gasteiger partial charge in [0.25, 0.3) is 0 Å². The van der Waals surface area contributed by atoms with Gasteiger partial charge in [-0.05, 0) is 42.2 Å². The van der Waals surface area contributed by atoms with Crippen molar-refractivity contribution in [1.82, 2.24) is 10.6 Å². The van der Waals surface area contributed by atoms with E-state index in [1.165, 1.54) is 17.7 Å². The number of benzene rings is 2. The van der Waals surface area contributed by atoms with Crippen molar-refractivity contribution in [3.05, 3.63) is 70.8 Å². The Kier molecular flexibility index (Phi) is 6.14. The standard InChI is InChI=1S/C21H23F3N2O3/c1-20(17-8-3-2-5-14(17)9-10-29-20)13-26-19(28)25-12-18(27)15-6-4-7-16(11-15)21(22,23)24/h2-8,11,18,27H,9-10,12-13H2,1H3,(H2,25,26,28). The van der Waals surface area contributed by atoms with Crippen molar-refractivity contribution >= 4 is 6.03 Å². The summed E-state index contributed by atoms with van der Waals surface area (Å²) in [6.45, 7) is 2.44. The van der Waals surface area contributed by atoms with Gasteiger partial charge in [0.1, 0.15) is 5.60 Å². The van der Waals surface area contributed by atoms with E-state index in [-0.39, 0.29) is 18.7 Å². The van der Waals surface area contributed by atoms with Gasteiger partial charge in [0.05, 0.1) is 24.8 Å². The number of halogens is 3. The van der Waals surface area contributed by atoms with Crippen molar-refractivity contribution in [3.8, 4) is 0 Å². The van der Waals surface area contributed by atoms with Gasteiger partial charge in [-0.25, -0.2) is 4.79 Å². The molecule has 2 aromatic carbocycles. The van der Waals surface area contributed by atoms with E-state index in [0.29, 0.717) is 6.61 Å². The number of hydrogen-bond donors (Lipinski definition) is 3. The molecule has 0 aromatic heterocycles. The predicted octanol–water partition coefficient (Wildman–Crippen LogP) is 3.53. The van der Waals surface area contributed by atoms with Crippen LogP contribution >= 0.6 is 0 Å². The summed E-state index contributed by atoms with van der Waals surface area (Å²) in [5.41, 5.74) is 0.737. The van der Waals surface area contributed by atoms with Crippen molar-refractivity contribution in [2.24, 2.45) is 0 Å².